The highest BCUT2D eigenvalue weighted by molar-refractivity contribution is 5.13. The predicted molar refractivity (Wildman–Crippen MR) is 59.0 cm³/mol. The van der Waals surface area contributed by atoms with Crippen LogP contribution in [0.3, 0.4) is 0 Å². The van der Waals surface area contributed by atoms with Gasteiger partial charge in [-0.3, -0.25) is 0 Å². The Bertz CT molecular complexity index is 246. The van der Waals surface area contributed by atoms with Crippen LogP contribution in [0.15, 0.2) is 30.3 Å². The second-order valence-corrected chi connectivity index (χ2v) is 3.60. The van der Waals surface area contributed by atoms with Gasteiger partial charge in [0.15, 0.2) is 0 Å². The minimum absolute atomic E-state index is 0.101. The summed E-state index contributed by atoms with van der Waals surface area (Å²) in [5, 5.41) is 0. The fourth-order valence-electron chi connectivity index (χ4n) is 1.42. The largest absolute Gasteiger partial charge is 0.372 e. The molecule has 0 saturated heterocycles. The first-order valence-corrected chi connectivity index (χ1v) is 5.15. The molecule has 0 aliphatic carbocycles. The van der Waals surface area contributed by atoms with E-state index in [4.69, 9.17) is 10.5 Å². The average molecular weight is 193 g/mol. The Morgan fingerprint density at radius 1 is 1.29 bits per heavy atom. The van der Waals surface area contributed by atoms with Crippen LogP contribution in [0.1, 0.15) is 25.8 Å². The zero-order valence-electron chi connectivity index (χ0n) is 8.94. The van der Waals surface area contributed by atoms with Crippen LogP contribution in [0.25, 0.3) is 0 Å². The van der Waals surface area contributed by atoms with Crippen molar-refractivity contribution in [3.63, 3.8) is 0 Å². The Labute approximate surface area is 86.1 Å². The van der Waals surface area contributed by atoms with Crippen molar-refractivity contribution >= 4 is 0 Å². The van der Waals surface area contributed by atoms with Crippen molar-refractivity contribution in [2.75, 3.05) is 0 Å². The topological polar surface area (TPSA) is 35.2 Å². The monoisotopic (exact) mass is 193 g/mol. The zero-order valence-corrected chi connectivity index (χ0v) is 8.94. The van der Waals surface area contributed by atoms with E-state index in [0.717, 1.165) is 6.42 Å². The van der Waals surface area contributed by atoms with Crippen LogP contribution >= 0.6 is 0 Å². The molecule has 0 radical (unpaired) electrons. The minimum atomic E-state index is 0.101. The molecule has 0 heterocycles. The number of ether oxygens (including phenoxy) is 1. The fraction of sp³-hybridized carbons (Fsp3) is 0.500. The molecule has 0 spiro atoms. The second kappa shape index (κ2) is 5.78. The van der Waals surface area contributed by atoms with Crippen molar-refractivity contribution in [2.24, 2.45) is 5.73 Å². The van der Waals surface area contributed by atoms with E-state index in [0.29, 0.717) is 6.61 Å². The molecule has 0 unspecified atom stereocenters. The maximum atomic E-state index is 5.79. The predicted octanol–water partition coefficient (Wildman–Crippen LogP) is 2.33. The lowest BCUT2D eigenvalue weighted by Gasteiger charge is -2.19. The normalized spacial score (nSPS) is 15.1. The summed E-state index contributed by atoms with van der Waals surface area (Å²) in [6.07, 6.45) is 1.13. The molecule has 0 bridgehead atoms. The van der Waals surface area contributed by atoms with Crippen molar-refractivity contribution in [3.8, 4) is 0 Å². The van der Waals surface area contributed by atoms with Crippen molar-refractivity contribution in [1.82, 2.24) is 0 Å². The molecule has 2 nitrogen and oxygen atoms in total. The summed E-state index contributed by atoms with van der Waals surface area (Å²) in [4.78, 5) is 0. The molecule has 1 rings (SSSR count). The maximum absolute atomic E-state index is 5.79. The standard InChI is InChI=1S/C12H19NO/c1-3-12(10(2)13)14-9-11-7-5-4-6-8-11/h4-8,10,12H,3,9,13H2,1-2H3/t10-,12+/m0/s1. The van der Waals surface area contributed by atoms with E-state index >= 15 is 0 Å². The molecule has 1 aromatic carbocycles. The van der Waals surface area contributed by atoms with Gasteiger partial charge in [0.2, 0.25) is 0 Å². The van der Waals surface area contributed by atoms with E-state index in [1.54, 1.807) is 0 Å². The molecule has 0 aliphatic rings. The molecule has 2 N–H and O–H groups in total. The number of hydrogen-bond acceptors (Lipinski definition) is 2. The summed E-state index contributed by atoms with van der Waals surface area (Å²) >= 11 is 0. The van der Waals surface area contributed by atoms with Gasteiger partial charge in [-0.05, 0) is 18.9 Å². The SMILES string of the molecule is CC[C@@H](OCc1ccccc1)[C@H](C)N. The van der Waals surface area contributed by atoms with Crippen LogP contribution in [0.2, 0.25) is 0 Å². The number of benzene rings is 1. The minimum Gasteiger partial charge on any atom is -0.372 e. The van der Waals surface area contributed by atoms with Gasteiger partial charge in [-0.25, -0.2) is 0 Å². The molecule has 2 atom stereocenters. The molecular formula is C12H19NO. The molecule has 2 heteroatoms. The van der Waals surface area contributed by atoms with Crippen LogP contribution in [-0.2, 0) is 11.3 Å². The molecular weight excluding hydrogens is 174 g/mol. The Morgan fingerprint density at radius 2 is 1.93 bits per heavy atom. The Kier molecular flexibility index (Phi) is 4.63. The highest BCUT2D eigenvalue weighted by atomic mass is 16.5. The van der Waals surface area contributed by atoms with E-state index < -0.39 is 0 Å². The van der Waals surface area contributed by atoms with E-state index in [1.165, 1.54) is 5.56 Å². The van der Waals surface area contributed by atoms with Crippen LogP contribution in [0.4, 0.5) is 0 Å². The molecule has 78 valence electrons. The Hall–Kier alpha value is -0.860. The third kappa shape index (κ3) is 3.48. The van der Waals surface area contributed by atoms with Gasteiger partial charge in [0.05, 0.1) is 12.7 Å². The summed E-state index contributed by atoms with van der Waals surface area (Å²) in [6, 6.07) is 10.3. The average Bonchev–Trinajstić information content (AvgIpc) is 2.20. The van der Waals surface area contributed by atoms with Crippen LogP contribution in [-0.4, -0.2) is 12.1 Å². The van der Waals surface area contributed by atoms with Crippen LogP contribution < -0.4 is 5.73 Å². The summed E-state index contributed by atoms with van der Waals surface area (Å²) in [6.45, 7) is 4.74. The van der Waals surface area contributed by atoms with Gasteiger partial charge in [0.25, 0.3) is 0 Å². The van der Waals surface area contributed by atoms with E-state index in [-0.39, 0.29) is 12.1 Å². The van der Waals surface area contributed by atoms with Gasteiger partial charge in [0, 0.05) is 6.04 Å². The number of nitrogens with two attached hydrogens (primary N) is 1. The third-order valence-electron chi connectivity index (χ3n) is 2.30. The third-order valence-corrected chi connectivity index (χ3v) is 2.30. The van der Waals surface area contributed by atoms with Gasteiger partial charge >= 0.3 is 0 Å². The van der Waals surface area contributed by atoms with E-state index in [9.17, 15) is 0 Å². The first-order valence-electron chi connectivity index (χ1n) is 5.15. The first kappa shape index (κ1) is 11.2. The molecule has 1 aromatic rings. The molecule has 14 heavy (non-hydrogen) atoms. The lowest BCUT2D eigenvalue weighted by atomic mass is 10.1. The summed E-state index contributed by atoms with van der Waals surface area (Å²) in [5.41, 5.74) is 6.99. The van der Waals surface area contributed by atoms with Crippen LogP contribution in [0.5, 0.6) is 0 Å². The first-order chi connectivity index (χ1) is 6.74. The second-order valence-electron chi connectivity index (χ2n) is 3.60. The highest BCUT2D eigenvalue weighted by Gasteiger charge is 2.11. The quantitative estimate of drug-likeness (QED) is 0.779. The smallest absolute Gasteiger partial charge is 0.0725 e. The van der Waals surface area contributed by atoms with E-state index in [1.807, 2.05) is 25.1 Å². The number of rotatable bonds is 5. The Morgan fingerprint density at radius 3 is 2.43 bits per heavy atom. The van der Waals surface area contributed by atoms with Crippen LogP contribution in [0, 0.1) is 0 Å². The van der Waals surface area contributed by atoms with Crippen molar-refractivity contribution in [2.45, 2.75) is 39.0 Å². The summed E-state index contributed by atoms with van der Waals surface area (Å²) < 4.78 is 5.71. The van der Waals surface area contributed by atoms with Gasteiger partial charge in [0.1, 0.15) is 0 Å². The highest BCUT2D eigenvalue weighted by Crippen LogP contribution is 2.07. The summed E-state index contributed by atoms with van der Waals surface area (Å²) in [5.74, 6) is 0. The van der Waals surface area contributed by atoms with Gasteiger partial charge < -0.3 is 10.5 Å². The maximum Gasteiger partial charge on any atom is 0.0725 e. The van der Waals surface area contributed by atoms with Gasteiger partial charge in [-0.1, -0.05) is 37.3 Å². The fourth-order valence-corrected chi connectivity index (χ4v) is 1.42. The van der Waals surface area contributed by atoms with Gasteiger partial charge in [-0.2, -0.15) is 0 Å². The van der Waals surface area contributed by atoms with Gasteiger partial charge in [-0.15, -0.1) is 0 Å². The van der Waals surface area contributed by atoms with Crippen molar-refractivity contribution in [3.05, 3.63) is 35.9 Å². The van der Waals surface area contributed by atoms with Crippen molar-refractivity contribution < 1.29 is 4.74 Å². The lowest BCUT2D eigenvalue weighted by Crippen LogP contribution is -2.33. The zero-order chi connectivity index (χ0) is 10.4. The molecule has 0 amide bonds. The molecule has 0 saturated carbocycles. The lowest BCUT2D eigenvalue weighted by molar-refractivity contribution is 0.0249. The number of hydrogen-bond donors (Lipinski definition) is 1. The van der Waals surface area contributed by atoms with Crippen molar-refractivity contribution in [1.29, 1.82) is 0 Å². The molecule has 0 fully saturated rings. The Balaban J connectivity index is 2.40. The summed E-state index contributed by atoms with van der Waals surface area (Å²) in [7, 11) is 0. The molecule has 0 aliphatic heterocycles. The molecule has 0 aromatic heterocycles. The van der Waals surface area contributed by atoms with E-state index in [2.05, 4.69) is 19.1 Å².